The summed E-state index contributed by atoms with van der Waals surface area (Å²) in [5.74, 6) is 0. The minimum Gasteiger partial charge on any atom is -0.316 e. The molecular formula is C15H31N3. The highest BCUT2D eigenvalue weighted by molar-refractivity contribution is 4.87. The van der Waals surface area contributed by atoms with Crippen LogP contribution in [0.15, 0.2) is 0 Å². The molecule has 2 fully saturated rings. The van der Waals surface area contributed by atoms with Gasteiger partial charge in [-0.25, -0.2) is 0 Å². The molecule has 0 radical (unpaired) electrons. The largest absolute Gasteiger partial charge is 0.316 e. The Morgan fingerprint density at radius 2 is 2.00 bits per heavy atom. The summed E-state index contributed by atoms with van der Waals surface area (Å²) in [6, 6.07) is 0. The summed E-state index contributed by atoms with van der Waals surface area (Å²) in [5.41, 5.74) is 0.540. The molecule has 1 atom stereocenters. The van der Waals surface area contributed by atoms with Gasteiger partial charge < -0.3 is 15.1 Å². The highest BCUT2D eigenvalue weighted by Gasteiger charge is 2.31. The molecule has 2 rings (SSSR count). The van der Waals surface area contributed by atoms with Crippen LogP contribution in [0.4, 0.5) is 0 Å². The number of likely N-dealkylation sites (N-methyl/N-ethyl adjacent to an activating group) is 1. The highest BCUT2D eigenvalue weighted by atomic mass is 15.2. The molecule has 106 valence electrons. The van der Waals surface area contributed by atoms with Gasteiger partial charge in [-0.05, 0) is 64.2 Å². The first-order valence-electron chi connectivity index (χ1n) is 7.86. The van der Waals surface area contributed by atoms with E-state index in [0.717, 1.165) is 0 Å². The smallest absolute Gasteiger partial charge is 0.0109 e. The van der Waals surface area contributed by atoms with Crippen molar-refractivity contribution in [2.45, 2.75) is 39.0 Å². The van der Waals surface area contributed by atoms with E-state index in [1.54, 1.807) is 0 Å². The van der Waals surface area contributed by atoms with Gasteiger partial charge in [0.05, 0.1) is 0 Å². The Morgan fingerprint density at radius 3 is 2.61 bits per heavy atom. The van der Waals surface area contributed by atoms with E-state index in [0.29, 0.717) is 5.41 Å². The first-order chi connectivity index (χ1) is 8.74. The van der Waals surface area contributed by atoms with Crippen LogP contribution < -0.4 is 5.32 Å². The number of nitrogens with zero attached hydrogens (tertiary/aromatic N) is 2. The van der Waals surface area contributed by atoms with Gasteiger partial charge in [-0.2, -0.15) is 0 Å². The summed E-state index contributed by atoms with van der Waals surface area (Å²) in [4.78, 5) is 5.18. The van der Waals surface area contributed by atoms with Crippen molar-refractivity contribution >= 4 is 0 Å². The highest BCUT2D eigenvalue weighted by Crippen LogP contribution is 2.30. The van der Waals surface area contributed by atoms with Crippen LogP contribution in [0.25, 0.3) is 0 Å². The van der Waals surface area contributed by atoms with E-state index in [2.05, 4.69) is 29.1 Å². The lowest BCUT2D eigenvalue weighted by Gasteiger charge is -2.40. The molecule has 3 heteroatoms. The molecule has 0 amide bonds. The molecule has 0 aromatic carbocycles. The Morgan fingerprint density at radius 1 is 1.22 bits per heavy atom. The average Bonchev–Trinajstić information content (AvgIpc) is 2.91. The summed E-state index contributed by atoms with van der Waals surface area (Å²) in [6.07, 6.45) is 6.89. The molecule has 0 spiro atoms. The average molecular weight is 253 g/mol. The quantitative estimate of drug-likeness (QED) is 0.778. The second-order valence-corrected chi connectivity index (χ2v) is 6.42. The number of piperidine rings is 1. The van der Waals surface area contributed by atoms with Crippen LogP contribution in [0.5, 0.6) is 0 Å². The Balaban J connectivity index is 1.72. The summed E-state index contributed by atoms with van der Waals surface area (Å²) < 4.78 is 0. The van der Waals surface area contributed by atoms with Gasteiger partial charge >= 0.3 is 0 Å². The Kier molecular flexibility index (Phi) is 5.46. The Labute approximate surface area is 113 Å². The monoisotopic (exact) mass is 253 g/mol. The SMILES string of the molecule is CCC1(CN(C)CCN2CCCC2)CCCNC1. The van der Waals surface area contributed by atoms with Crippen LogP contribution in [0.1, 0.15) is 39.0 Å². The van der Waals surface area contributed by atoms with Gasteiger partial charge in [-0.15, -0.1) is 0 Å². The predicted molar refractivity (Wildman–Crippen MR) is 78.0 cm³/mol. The summed E-state index contributed by atoms with van der Waals surface area (Å²) in [6.45, 7) is 11.2. The first-order valence-corrected chi connectivity index (χ1v) is 7.86. The molecule has 0 saturated carbocycles. The Hall–Kier alpha value is -0.120. The molecule has 0 aliphatic carbocycles. The van der Waals surface area contributed by atoms with Gasteiger partial charge in [0.15, 0.2) is 0 Å². The molecular weight excluding hydrogens is 222 g/mol. The van der Waals surface area contributed by atoms with E-state index in [1.165, 1.54) is 77.9 Å². The molecule has 0 aromatic rings. The van der Waals surface area contributed by atoms with Crippen LogP contribution in [-0.2, 0) is 0 Å². The summed E-state index contributed by atoms with van der Waals surface area (Å²) in [7, 11) is 2.31. The number of rotatable bonds is 6. The van der Waals surface area contributed by atoms with Crippen molar-refractivity contribution in [2.24, 2.45) is 5.41 Å². The molecule has 18 heavy (non-hydrogen) atoms. The minimum absolute atomic E-state index is 0.540. The third-order valence-corrected chi connectivity index (χ3v) is 4.91. The van der Waals surface area contributed by atoms with Crippen molar-refractivity contribution in [2.75, 3.05) is 52.9 Å². The second kappa shape index (κ2) is 6.88. The zero-order valence-corrected chi connectivity index (χ0v) is 12.4. The molecule has 1 unspecified atom stereocenters. The molecule has 2 aliphatic heterocycles. The van der Waals surface area contributed by atoms with Crippen LogP contribution in [0.3, 0.4) is 0 Å². The van der Waals surface area contributed by atoms with Crippen LogP contribution in [-0.4, -0.2) is 62.7 Å². The Bertz CT molecular complexity index is 230. The van der Waals surface area contributed by atoms with Crippen LogP contribution in [0, 0.1) is 5.41 Å². The van der Waals surface area contributed by atoms with E-state index in [1.807, 2.05) is 0 Å². The number of hydrogen-bond donors (Lipinski definition) is 1. The molecule has 2 saturated heterocycles. The van der Waals surface area contributed by atoms with Crippen molar-refractivity contribution < 1.29 is 0 Å². The molecule has 3 nitrogen and oxygen atoms in total. The fourth-order valence-electron chi connectivity index (χ4n) is 3.55. The van der Waals surface area contributed by atoms with E-state index in [4.69, 9.17) is 0 Å². The van der Waals surface area contributed by atoms with E-state index < -0.39 is 0 Å². The molecule has 0 aromatic heterocycles. The lowest BCUT2D eigenvalue weighted by Crippen LogP contribution is -2.47. The maximum Gasteiger partial charge on any atom is 0.0109 e. The van der Waals surface area contributed by atoms with Gasteiger partial charge in [0.25, 0.3) is 0 Å². The topological polar surface area (TPSA) is 18.5 Å². The lowest BCUT2D eigenvalue weighted by atomic mass is 9.78. The van der Waals surface area contributed by atoms with Crippen molar-refractivity contribution in [1.82, 2.24) is 15.1 Å². The van der Waals surface area contributed by atoms with Crippen molar-refractivity contribution in [3.63, 3.8) is 0 Å². The minimum atomic E-state index is 0.540. The predicted octanol–water partition coefficient (Wildman–Crippen LogP) is 1.79. The maximum atomic E-state index is 3.59. The molecule has 2 heterocycles. The van der Waals surface area contributed by atoms with Gasteiger partial charge in [0, 0.05) is 26.2 Å². The number of likely N-dealkylation sites (tertiary alicyclic amines) is 1. The number of nitrogens with one attached hydrogen (secondary N) is 1. The van der Waals surface area contributed by atoms with Gasteiger partial charge in [-0.3, -0.25) is 0 Å². The standard InChI is InChI=1S/C15H31N3/c1-3-15(7-6-8-16-13-15)14-17(2)11-12-18-9-4-5-10-18/h16H,3-14H2,1-2H3. The fraction of sp³-hybridized carbons (Fsp3) is 1.00. The fourth-order valence-corrected chi connectivity index (χ4v) is 3.55. The first kappa shape index (κ1) is 14.3. The van der Waals surface area contributed by atoms with E-state index >= 15 is 0 Å². The van der Waals surface area contributed by atoms with Crippen LogP contribution in [0.2, 0.25) is 0 Å². The van der Waals surface area contributed by atoms with E-state index in [9.17, 15) is 0 Å². The molecule has 2 aliphatic rings. The van der Waals surface area contributed by atoms with Crippen LogP contribution >= 0.6 is 0 Å². The lowest BCUT2D eigenvalue weighted by molar-refractivity contribution is 0.121. The van der Waals surface area contributed by atoms with Crippen molar-refractivity contribution in [1.29, 1.82) is 0 Å². The number of hydrogen-bond acceptors (Lipinski definition) is 3. The molecule has 0 bridgehead atoms. The zero-order chi connectivity index (χ0) is 12.8. The van der Waals surface area contributed by atoms with Gasteiger partial charge in [-0.1, -0.05) is 6.92 Å². The maximum absolute atomic E-state index is 3.59. The summed E-state index contributed by atoms with van der Waals surface area (Å²) in [5, 5.41) is 3.59. The van der Waals surface area contributed by atoms with E-state index in [-0.39, 0.29) is 0 Å². The normalized spacial score (nSPS) is 30.2. The third-order valence-electron chi connectivity index (χ3n) is 4.91. The molecule has 1 N–H and O–H groups in total. The van der Waals surface area contributed by atoms with Crippen molar-refractivity contribution in [3.8, 4) is 0 Å². The van der Waals surface area contributed by atoms with Crippen molar-refractivity contribution in [3.05, 3.63) is 0 Å². The van der Waals surface area contributed by atoms with Gasteiger partial charge in [0.1, 0.15) is 0 Å². The second-order valence-electron chi connectivity index (χ2n) is 6.42. The summed E-state index contributed by atoms with van der Waals surface area (Å²) >= 11 is 0. The third kappa shape index (κ3) is 3.94. The zero-order valence-electron chi connectivity index (χ0n) is 12.4. The van der Waals surface area contributed by atoms with Gasteiger partial charge in [0.2, 0.25) is 0 Å².